The van der Waals surface area contributed by atoms with Gasteiger partial charge in [-0.1, -0.05) is 66.8 Å². The Bertz CT molecular complexity index is 1220. The van der Waals surface area contributed by atoms with E-state index in [1.165, 1.54) is 18.2 Å². The molecule has 4 heteroatoms. The van der Waals surface area contributed by atoms with Gasteiger partial charge < -0.3 is 5.11 Å². The maximum atomic E-state index is 13.2. The number of fused-ring (bicyclic) bond motifs is 1. The van der Waals surface area contributed by atoms with Crippen LogP contribution in [-0.4, -0.2) is 22.4 Å². The molecule has 0 spiro atoms. The van der Waals surface area contributed by atoms with Crippen LogP contribution in [-0.2, 0) is 9.59 Å². The number of hydrogen-bond acceptors (Lipinski definition) is 4. The van der Waals surface area contributed by atoms with Crippen molar-refractivity contribution in [2.45, 2.75) is 12.8 Å². The van der Waals surface area contributed by atoms with E-state index in [4.69, 9.17) is 5.41 Å². The highest BCUT2D eigenvalue weighted by atomic mass is 16.3. The van der Waals surface area contributed by atoms with Gasteiger partial charge in [0.25, 0.3) is 0 Å². The molecule has 2 aliphatic rings. The van der Waals surface area contributed by atoms with Crippen molar-refractivity contribution in [3.05, 3.63) is 113 Å². The lowest BCUT2D eigenvalue weighted by Gasteiger charge is -2.23. The fraction of sp³-hybridized carbons (Fsp3) is 0.0741. The summed E-state index contributed by atoms with van der Waals surface area (Å²) in [6.45, 7) is 0. The number of nitrogens with one attached hydrogen (secondary N) is 1. The molecule has 0 bridgehead atoms. The summed E-state index contributed by atoms with van der Waals surface area (Å²) >= 11 is 0. The van der Waals surface area contributed by atoms with Crippen LogP contribution in [0.2, 0.25) is 0 Å². The number of aromatic hydroxyl groups is 1. The van der Waals surface area contributed by atoms with Crippen LogP contribution in [0.15, 0.2) is 96.1 Å². The van der Waals surface area contributed by atoms with Gasteiger partial charge in [0.2, 0.25) is 5.78 Å². The monoisotopic (exact) mass is 407 g/mol. The second-order valence-corrected chi connectivity index (χ2v) is 7.32. The van der Waals surface area contributed by atoms with Crippen LogP contribution < -0.4 is 0 Å². The van der Waals surface area contributed by atoms with Crippen LogP contribution in [0.5, 0.6) is 5.75 Å². The molecule has 4 rings (SSSR count). The van der Waals surface area contributed by atoms with Crippen LogP contribution in [0.1, 0.15) is 29.5 Å². The van der Waals surface area contributed by atoms with E-state index < -0.39 is 11.6 Å². The summed E-state index contributed by atoms with van der Waals surface area (Å²) in [4.78, 5) is 26.4. The minimum Gasteiger partial charge on any atom is -0.508 e. The molecule has 0 unspecified atom stereocenters. The summed E-state index contributed by atoms with van der Waals surface area (Å²) in [7, 11) is 0. The Morgan fingerprint density at radius 3 is 2.58 bits per heavy atom. The molecule has 152 valence electrons. The van der Waals surface area contributed by atoms with E-state index in [1.54, 1.807) is 12.1 Å². The molecule has 0 fully saturated rings. The fourth-order valence-electron chi connectivity index (χ4n) is 3.70. The van der Waals surface area contributed by atoms with Crippen LogP contribution in [0.3, 0.4) is 0 Å². The average Bonchev–Trinajstić information content (AvgIpc) is 2.75. The summed E-state index contributed by atoms with van der Waals surface area (Å²) in [5.74, 6) is -1.07. The van der Waals surface area contributed by atoms with Crippen LogP contribution in [0, 0.1) is 5.41 Å². The number of hydrogen-bond donors (Lipinski definition) is 2. The standard InChI is InChI=1S/C27H21NO3/c28-26-21-15-14-20(29)17-22(21)24(19-11-7-2-1-3-8-12-19)25(27(26)31)23(30)16-13-18-9-5-4-6-10-18/h2,4-17,28-29H,1,3H2. The zero-order valence-electron chi connectivity index (χ0n) is 16.8. The van der Waals surface area contributed by atoms with Crippen molar-refractivity contribution in [3.63, 3.8) is 0 Å². The molecular formula is C27H21NO3. The molecule has 2 N–H and O–H groups in total. The van der Waals surface area contributed by atoms with Crippen molar-refractivity contribution in [3.8, 4) is 5.75 Å². The molecule has 2 aliphatic carbocycles. The SMILES string of the molecule is N=C1C(=O)C(C(=O)C=Cc2ccccc2)=C(C2=CC=CCCC=C2)c2cc(O)ccc21. The Balaban J connectivity index is 1.93. The van der Waals surface area contributed by atoms with Gasteiger partial charge in [0.15, 0.2) is 5.78 Å². The highest BCUT2D eigenvalue weighted by molar-refractivity contribution is 6.59. The quantitative estimate of drug-likeness (QED) is 0.539. The molecule has 0 amide bonds. The van der Waals surface area contributed by atoms with Crippen molar-refractivity contribution in [1.29, 1.82) is 5.41 Å². The van der Waals surface area contributed by atoms with Gasteiger partial charge >= 0.3 is 0 Å². The third-order valence-electron chi connectivity index (χ3n) is 5.22. The van der Waals surface area contributed by atoms with Gasteiger partial charge in [-0.25, -0.2) is 0 Å². The predicted molar refractivity (Wildman–Crippen MR) is 123 cm³/mol. The number of Topliss-reactive ketones (excluding diaryl/α,β-unsaturated/α-hetero) is 1. The summed E-state index contributed by atoms with van der Waals surface area (Å²) < 4.78 is 0. The lowest BCUT2D eigenvalue weighted by molar-refractivity contribution is -0.115. The van der Waals surface area contributed by atoms with Gasteiger partial charge in [-0.15, -0.1) is 0 Å². The van der Waals surface area contributed by atoms with Gasteiger partial charge in [0.05, 0.1) is 5.57 Å². The third kappa shape index (κ3) is 4.14. The second-order valence-electron chi connectivity index (χ2n) is 7.32. The topological polar surface area (TPSA) is 78.2 Å². The van der Waals surface area contributed by atoms with Crippen molar-refractivity contribution in [2.24, 2.45) is 0 Å². The van der Waals surface area contributed by atoms with E-state index in [1.807, 2.05) is 60.7 Å². The number of phenols is 1. The number of ketones is 2. The molecule has 4 nitrogen and oxygen atoms in total. The normalized spacial score (nSPS) is 16.2. The first-order chi connectivity index (χ1) is 15.1. The Morgan fingerprint density at radius 2 is 1.77 bits per heavy atom. The largest absolute Gasteiger partial charge is 0.508 e. The maximum Gasteiger partial charge on any atom is 0.215 e. The molecule has 0 saturated heterocycles. The van der Waals surface area contributed by atoms with Gasteiger partial charge in [-0.2, -0.15) is 0 Å². The smallest absolute Gasteiger partial charge is 0.215 e. The van der Waals surface area contributed by atoms with E-state index in [0.29, 0.717) is 22.3 Å². The third-order valence-corrected chi connectivity index (χ3v) is 5.22. The van der Waals surface area contributed by atoms with E-state index in [-0.39, 0.29) is 17.0 Å². The maximum absolute atomic E-state index is 13.2. The first kappa shape index (κ1) is 20.2. The van der Waals surface area contributed by atoms with E-state index in [2.05, 4.69) is 0 Å². The van der Waals surface area contributed by atoms with Crippen molar-refractivity contribution in [1.82, 2.24) is 0 Å². The molecule has 0 aromatic heterocycles. The summed E-state index contributed by atoms with van der Waals surface area (Å²) in [6, 6.07) is 13.9. The van der Waals surface area contributed by atoms with Gasteiger partial charge in [0, 0.05) is 11.1 Å². The van der Waals surface area contributed by atoms with E-state index in [9.17, 15) is 14.7 Å². The lowest BCUT2D eigenvalue weighted by Crippen LogP contribution is -2.28. The molecular weight excluding hydrogens is 386 g/mol. The van der Waals surface area contributed by atoms with Crippen molar-refractivity contribution in [2.75, 3.05) is 0 Å². The average molecular weight is 407 g/mol. The molecule has 0 radical (unpaired) electrons. The minimum absolute atomic E-state index is 0.0102. The van der Waals surface area contributed by atoms with Gasteiger partial charge in [0.1, 0.15) is 11.5 Å². The number of allylic oxidation sites excluding steroid dienone is 9. The fourth-order valence-corrected chi connectivity index (χ4v) is 3.70. The summed E-state index contributed by atoms with van der Waals surface area (Å²) in [5, 5.41) is 18.5. The second kappa shape index (κ2) is 8.76. The zero-order chi connectivity index (χ0) is 21.8. The molecule has 2 aromatic rings. The number of rotatable bonds is 4. The van der Waals surface area contributed by atoms with E-state index >= 15 is 0 Å². The first-order valence-electron chi connectivity index (χ1n) is 10.1. The van der Waals surface area contributed by atoms with Gasteiger partial charge in [-0.05, 0) is 53.8 Å². The van der Waals surface area contributed by atoms with Crippen molar-refractivity contribution < 1.29 is 14.7 Å². The number of carbonyl (C=O) groups excluding carboxylic acids is 2. The number of carbonyl (C=O) groups is 2. The Hall–Kier alpha value is -4.05. The molecule has 0 aliphatic heterocycles. The molecule has 31 heavy (non-hydrogen) atoms. The van der Waals surface area contributed by atoms with Crippen LogP contribution >= 0.6 is 0 Å². The number of benzene rings is 2. The highest BCUT2D eigenvalue weighted by Gasteiger charge is 2.34. The zero-order valence-corrected chi connectivity index (χ0v) is 16.8. The molecule has 0 saturated carbocycles. The van der Waals surface area contributed by atoms with E-state index in [0.717, 1.165) is 18.4 Å². The Labute approximate surface area is 180 Å². The predicted octanol–water partition coefficient (Wildman–Crippen LogP) is 5.21. The summed E-state index contributed by atoms with van der Waals surface area (Å²) in [6.07, 6.45) is 14.4. The molecule has 0 atom stereocenters. The highest BCUT2D eigenvalue weighted by Crippen LogP contribution is 2.38. The van der Waals surface area contributed by atoms with Crippen LogP contribution in [0.4, 0.5) is 0 Å². The number of phenolic OH excluding ortho intramolecular Hbond substituents is 1. The van der Waals surface area contributed by atoms with Gasteiger partial charge in [-0.3, -0.25) is 15.0 Å². The minimum atomic E-state index is -0.615. The van der Waals surface area contributed by atoms with Crippen LogP contribution in [0.25, 0.3) is 11.6 Å². The first-order valence-corrected chi connectivity index (χ1v) is 10.1. The lowest BCUT2D eigenvalue weighted by atomic mass is 9.78. The van der Waals surface area contributed by atoms with Crippen molar-refractivity contribution >= 4 is 28.9 Å². The summed E-state index contributed by atoms with van der Waals surface area (Å²) in [5.41, 5.74) is 2.58. The Morgan fingerprint density at radius 1 is 1.00 bits per heavy atom. The Kier molecular flexibility index (Phi) is 5.72. The molecule has 2 aromatic carbocycles. The molecule has 0 heterocycles.